The standard InChI is InChI=1S/C19H17FN2OS/c1-13-17(24-19(22-13)15-5-3-2-4-6-15)18(23)21-12-11-14-7-9-16(20)10-8-14/h2-10H,11-12H2,1H3,(H,21,23). The van der Waals surface area contributed by atoms with Crippen LogP contribution in [0.15, 0.2) is 54.6 Å². The minimum atomic E-state index is -0.253. The monoisotopic (exact) mass is 340 g/mol. The van der Waals surface area contributed by atoms with Crippen LogP contribution in [0.3, 0.4) is 0 Å². The van der Waals surface area contributed by atoms with Gasteiger partial charge in [0.1, 0.15) is 15.7 Å². The number of hydrogen-bond donors (Lipinski definition) is 1. The SMILES string of the molecule is Cc1nc(-c2ccccc2)sc1C(=O)NCCc1ccc(F)cc1. The van der Waals surface area contributed by atoms with Crippen molar-refractivity contribution >= 4 is 17.2 Å². The van der Waals surface area contributed by atoms with Gasteiger partial charge in [0.25, 0.3) is 5.91 Å². The van der Waals surface area contributed by atoms with E-state index < -0.39 is 0 Å². The minimum absolute atomic E-state index is 0.116. The van der Waals surface area contributed by atoms with Gasteiger partial charge in [-0.2, -0.15) is 0 Å². The van der Waals surface area contributed by atoms with Gasteiger partial charge in [0.2, 0.25) is 0 Å². The highest BCUT2D eigenvalue weighted by Gasteiger charge is 2.15. The molecule has 3 rings (SSSR count). The molecule has 24 heavy (non-hydrogen) atoms. The number of thiazole rings is 1. The molecule has 0 fully saturated rings. The summed E-state index contributed by atoms with van der Waals surface area (Å²) >= 11 is 1.40. The third-order valence-electron chi connectivity index (χ3n) is 3.64. The average molecular weight is 340 g/mol. The summed E-state index contributed by atoms with van der Waals surface area (Å²) in [5.74, 6) is -0.370. The van der Waals surface area contributed by atoms with Gasteiger partial charge < -0.3 is 5.32 Å². The van der Waals surface area contributed by atoms with Crippen molar-refractivity contribution in [1.82, 2.24) is 10.3 Å². The van der Waals surface area contributed by atoms with Gasteiger partial charge in [-0.15, -0.1) is 11.3 Å². The fourth-order valence-electron chi connectivity index (χ4n) is 2.36. The average Bonchev–Trinajstić information content (AvgIpc) is 2.99. The molecule has 0 radical (unpaired) electrons. The van der Waals surface area contributed by atoms with Gasteiger partial charge in [-0.05, 0) is 31.0 Å². The Hall–Kier alpha value is -2.53. The van der Waals surface area contributed by atoms with Gasteiger partial charge in [-0.25, -0.2) is 9.37 Å². The molecule has 0 atom stereocenters. The fourth-order valence-corrected chi connectivity index (χ4v) is 3.35. The zero-order chi connectivity index (χ0) is 16.9. The maximum absolute atomic E-state index is 12.9. The molecule has 5 heteroatoms. The Balaban J connectivity index is 1.63. The molecule has 2 aromatic carbocycles. The van der Waals surface area contributed by atoms with Crippen LogP contribution in [0.25, 0.3) is 10.6 Å². The number of amides is 1. The first-order valence-corrected chi connectivity index (χ1v) is 8.50. The van der Waals surface area contributed by atoms with E-state index >= 15 is 0 Å². The van der Waals surface area contributed by atoms with Crippen LogP contribution in [0.1, 0.15) is 20.9 Å². The maximum Gasteiger partial charge on any atom is 0.263 e. The van der Waals surface area contributed by atoms with Crippen LogP contribution in [0.5, 0.6) is 0 Å². The van der Waals surface area contributed by atoms with Crippen molar-refractivity contribution in [3.05, 3.63) is 76.5 Å². The van der Waals surface area contributed by atoms with E-state index in [2.05, 4.69) is 10.3 Å². The van der Waals surface area contributed by atoms with Crippen molar-refractivity contribution in [2.75, 3.05) is 6.54 Å². The summed E-state index contributed by atoms with van der Waals surface area (Å²) in [6.07, 6.45) is 0.662. The Morgan fingerprint density at radius 1 is 1.12 bits per heavy atom. The van der Waals surface area contributed by atoms with E-state index in [1.54, 1.807) is 12.1 Å². The van der Waals surface area contributed by atoms with Gasteiger partial charge in [0, 0.05) is 12.1 Å². The lowest BCUT2D eigenvalue weighted by Crippen LogP contribution is -2.25. The number of aromatic nitrogens is 1. The van der Waals surface area contributed by atoms with Crippen molar-refractivity contribution in [3.8, 4) is 10.6 Å². The van der Waals surface area contributed by atoms with Gasteiger partial charge in [0.05, 0.1) is 5.69 Å². The predicted molar refractivity (Wildman–Crippen MR) is 94.7 cm³/mol. The summed E-state index contributed by atoms with van der Waals surface area (Å²) in [7, 11) is 0. The third-order valence-corrected chi connectivity index (χ3v) is 4.84. The molecule has 3 aromatic rings. The van der Waals surface area contributed by atoms with E-state index in [1.165, 1.54) is 23.5 Å². The number of rotatable bonds is 5. The number of benzene rings is 2. The van der Waals surface area contributed by atoms with Gasteiger partial charge in [0.15, 0.2) is 0 Å². The Morgan fingerprint density at radius 3 is 2.54 bits per heavy atom. The predicted octanol–water partition coefficient (Wildman–Crippen LogP) is 4.23. The highest BCUT2D eigenvalue weighted by molar-refractivity contribution is 7.17. The van der Waals surface area contributed by atoms with E-state index in [0.717, 1.165) is 21.8 Å². The van der Waals surface area contributed by atoms with Crippen LogP contribution in [-0.2, 0) is 6.42 Å². The number of aryl methyl sites for hydroxylation is 1. The summed E-state index contributed by atoms with van der Waals surface area (Å²) in [6.45, 7) is 2.35. The van der Waals surface area contributed by atoms with Crippen molar-refractivity contribution in [1.29, 1.82) is 0 Å². The lowest BCUT2D eigenvalue weighted by molar-refractivity contribution is 0.0957. The number of nitrogens with zero attached hydrogens (tertiary/aromatic N) is 1. The van der Waals surface area contributed by atoms with Crippen LogP contribution in [0.4, 0.5) is 4.39 Å². The van der Waals surface area contributed by atoms with Crippen LogP contribution in [-0.4, -0.2) is 17.4 Å². The zero-order valence-electron chi connectivity index (χ0n) is 13.3. The van der Waals surface area contributed by atoms with Crippen molar-refractivity contribution in [2.24, 2.45) is 0 Å². The highest BCUT2D eigenvalue weighted by Crippen LogP contribution is 2.27. The first-order valence-electron chi connectivity index (χ1n) is 7.69. The molecule has 0 aliphatic rings. The molecule has 1 N–H and O–H groups in total. The Labute approximate surface area is 144 Å². The van der Waals surface area contributed by atoms with E-state index in [0.29, 0.717) is 17.8 Å². The smallest absolute Gasteiger partial charge is 0.263 e. The molecular weight excluding hydrogens is 323 g/mol. The van der Waals surface area contributed by atoms with Crippen LogP contribution in [0.2, 0.25) is 0 Å². The Kier molecular flexibility index (Phi) is 5.01. The number of carbonyl (C=O) groups excluding carboxylic acids is 1. The molecule has 3 nitrogen and oxygen atoms in total. The third kappa shape index (κ3) is 3.86. The molecular formula is C19H17FN2OS. The number of halogens is 1. The summed E-state index contributed by atoms with van der Waals surface area (Å²) in [6, 6.07) is 16.1. The van der Waals surface area contributed by atoms with Crippen LogP contribution < -0.4 is 5.32 Å². The summed E-state index contributed by atoms with van der Waals surface area (Å²) < 4.78 is 12.9. The second-order valence-electron chi connectivity index (χ2n) is 5.43. The molecule has 1 aromatic heterocycles. The number of nitrogens with one attached hydrogen (secondary N) is 1. The lowest BCUT2D eigenvalue weighted by Gasteiger charge is -2.04. The second kappa shape index (κ2) is 7.36. The molecule has 0 aliphatic carbocycles. The topological polar surface area (TPSA) is 42.0 Å². The van der Waals surface area contributed by atoms with E-state index in [4.69, 9.17) is 0 Å². The lowest BCUT2D eigenvalue weighted by atomic mass is 10.1. The molecule has 0 bridgehead atoms. The van der Waals surface area contributed by atoms with Crippen LogP contribution in [0, 0.1) is 12.7 Å². The Bertz CT molecular complexity index is 828. The molecule has 0 saturated carbocycles. The van der Waals surface area contributed by atoms with Crippen molar-refractivity contribution in [2.45, 2.75) is 13.3 Å². The molecule has 0 aliphatic heterocycles. The quantitative estimate of drug-likeness (QED) is 0.755. The van der Waals surface area contributed by atoms with E-state index in [-0.39, 0.29) is 11.7 Å². The van der Waals surface area contributed by atoms with E-state index in [1.807, 2.05) is 37.3 Å². The normalized spacial score (nSPS) is 10.6. The second-order valence-corrected chi connectivity index (χ2v) is 6.43. The molecule has 1 amide bonds. The number of carbonyl (C=O) groups is 1. The van der Waals surface area contributed by atoms with Gasteiger partial charge in [-0.3, -0.25) is 4.79 Å². The van der Waals surface area contributed by atoms with Gasteiger partial charge in [-0.1, -0.05) is 42.5 Å². The van der Waals surface area contributed by atoms with Gasteiger partial charge >= 0.3 is 0 Å². The Morgan fingerprint density at radius 2 is 1.83 bits per heavy atom. The van der Waals surface area contributed by atoms with Crippen molar-refractivity contribution in [3.63, 3.8) is 0 Å². The van der Waals surface area contributed by atoms with Crippen molar-refractivity contribution < 1.29 is 9.18 Å². The summed E-state index contributed by atoms with van der Waals surface area (Å²) in [4.78, 5) is 17.5. The number of hydrogen-bond acceptors (Lipinski definition) is 3. The zero-order valence-corrected chi connectivity index (χ0v) is 14.1. The molecule has 1 heterocycles. The largest absolute Gasteiger partial charge is 0.351 e. The minimum Gasteiger partial charge on any atom is -0.351 e. The molecule has 122 valence electrons. The molecule has 0 saturated heterocycles. The highest BCUT2D eigenvalue weighted by atomic mass is 32.1. The van der Waals surface area contributed by atoms with Crippen LogP contribution >= 0.6 is 11.3 Å². The summed E-state index contributed by atoms with van der Waals surface area (Å²) in [5, 5.41) is 3.75. The summed E-state index contributed by atoms with van der Waals surface area (Å²) in [5.41, 5.74) is 2.73. The first-order chi connectivity index (χ1) is 11.6. The fraction of sp³-hybridized carbons (Fsp3) is 0.158. The maximum atomic E-state index is 12.9. The molecule has 0 unspecified atom stereocenters. The first kappa shape index (κ1) is 16.3. The van der Waals surface area contributed by atoms with E-state index in [9.17, 15) is 9.18 Å². The molecule has 0 spiro atoms.